The first kappa shape index (κ1) is 10.7. The topological polar surface area (TPSA) is 43.4 Å². The summed E-state index contributed by atoms with van der Waals surface area (Å²) in [5.74, 6) is -0.00634. The zero-order chi connectivity index (χ0) is 10.9. The predicted molar refractivity (Wildman–Crippen MR) is 55.3 cm³/mol. The molecule has 0 aliphatic heterocycles. The minimum absolute atomic E-state index is 0.129. The molecule has 0 saturated heterocycles. The van der Waals surface area contributed by atoms with Gasteiger partial charge in [0.1, 0.15) is 5.41 Å². The lowest BCUT2D eigenvalue weighted by Gasteiger charge is -2.38. The van der Waals surface area contributed by atoms with Gasteiger partial charge < -0.3 is 4.74 Å². The summed E-state index contributed by atoms with van der Waals surface area (Å²) < 4.78 is 4.78. The number of hydrogen-bond donors (Lipinski definition) is 0. The molecule has 0 unspecified atom stereocenters. The number of ketones is 1. The lowest BCUT2D eigenvalue weighted by atomic mass is 9.63. The van der Waals surface area contributed by atoms with Gasteiger partial charge in [-0.2, -0.15) is 0 Å². The van der Waals surface area contributed by atoms with Crippen molar-refractivity contribution in [2.75, 3.05) is 7.11 Å². The number of esters is 1. The fourth-order valence-corrected chi connectivity index (χ4v) is 2.86. The first-order chi connectivity index (χ1) is 7.20. The molecule has 0 aromatic heterocycles. The summed E-state index contributed by atoms with van der Waals surface area (Å²) in [4.78, 5) is 23.9. The molecule has 0 radical (unpaired) electrons. The molecule has 0 amide bonds. The summed E-state index contributed by atoms with van der Waals surface area (Å²) in [6.45, 7) is 0. The number of rotatable bonds is 3. The maximum absolute atomic E-state index is 12.2. The Hall–Kier alpha value is -0.860. The number of methoxy groups -OCH3 is 1. The third kappa shape index (κ3) is 1.58. The van der Waals surface area contributed by atoms with Gasteiger partial charge in [0.2, 0.25) is 0 Å². The van der Waals surface area contributed by atoms with Crippen LogP contribution in [0, 0.1) is 11.3 Å². The van der Waals surface area contributed by atoms with Gasteiger partial charge in [-0.3, -0.25) is 9.59 Å². The van der Waals surface area contributed by atoms with E-state index in [1.807, 2.05) is 0 Å². The molecule has 2 fully saturated rings. The standard InChI is InChI=1S/C12H18O3/c1-15-11(14)12(7-4-8-12)10(13)9-5-2-3-6-9/h9H,2-8H2,1H3. The molecule has 2 aliphatic rings. The molecule has 2 saturated carbocycles. The largest absolute Gasteiger partial charge is 0.468 e. The smallest absolute Gasteiger partial charge is 0.319 e. The fraction of sp³-hybridized carbons (Fsp3) is 0.833. The molecule has 0 aromatic carbocycles. The number of Topliss-reactive ketones (excluding diaryl/α,β-unsaturated/α-hetero) is 1. The molecule has 0 heterocycles. The van der Waals surface area contributed by atoms with Gasteiger partial charge in [0.15, 0.2) is 5.78 Å². The maximum atomic E-state index is 12.2. The Morgan fingerprint density at radius 3 is 2.13 bits per heavy atom. The Kier molecular flexibility index (Phi) is 2.81. The van der Waals surface area contributed by atoms with Gasteiger partial charge in [-0.25, -0.2) is 0 Å². The van der Waals surface area contributed by atoms with E-state index < -0.39 is 5.41 Å². The molecule has 0 spiro atoms. The summed E-state index contributed by atoms with van der Waals surface area (Å²) in [5, 5.41) is 0. The van der Waals surface area contributed by atoms with Crippen LogP contribution in [0.3, 0.4) is 0 Å². The van der Waals surface area contributed by atoms with Gasteiger partial charge in [-0.15, -0.1) is 0 Å². The van der Waals surface area contributed by atoms with Gasteiger partial charge in [0.25, 0.3) is 0 Å². The van der Waals surface area contributed by atoms with Crippen LogP contribution in [0.1, 0.15) is 44.9 Å². The molecule has 84 valence electrons. The molecular weight excluding hydrogens is 192 g/mol. The van der Waals surface area contributed by atoms with Crippen LogP contribution in [0.15, 0.2) is 0 Å². The first-order valence-corrected chi connectivity index (χ1v) is 5.83. The monoisotopic (exact) mass is 210 g/mol. The third-order valence-electron chi connectivity index (χ3n) is 3.98. The second-order valence-corrected chi connectivity index (χ2v) is 4.77. The summed E-state index contributed by atoms with van der Waals surface area (Å²) in [5.41, 5.74) is -0.746. The van der Waals surface area contributed by atoms with Crippen molar-refractivity contribution < 1.29 is 14.3 Å². The Morgan fingerprint density at radius 1 is 1.13 bits per heavy atom. The lowest BCUT2D eigenvalue weighted by Crippen LogP contribution is -2.48. The lowest BCUT2D eigenvalue weighted by molar-refractivity contribution is -0.165. The summed E-state index contributed by atoms with van der Waals surface area (Å²) in [6.07, 6.45) is 6.59. The zero-order valence-corrected chi connectivity index (χ0v) is 9.25. The molecule has 15 heavy (non-hydrogen) atoms. The van der Waals surface area contributed by atoms with Crippen molar-refractivity contribution in [1.82, 2.24) is 0 Å². The first-order valence-electron chi connectivity index (χ1n) is 5.83. The SMILES string of the molecule is COC(=O)C1(C(=O)C2CCCC2)CCC1. The van der Waals surface area contributed by atoms with E-state index in [-0.39, 0.29) is 17.7 Å². The minimum atomic E-state index is -0.746. The van der Waals surface area contributed by atoms with Gasteiger partial charge in [-0.05, 0) is 25.7 Å². The van der Waals surface area contributed by atoms with Crippen molar-refractivity contribution in [1.29, 1.82) is 0 Å². The normalized spacial score (nSPS) is 24.6. The third-order valence-corrected chi connectivity index (χ3v) is 3.98. The van der Waals surface area contributed by atoms with Gasteiger partial charge in [0, 0.05) is 5.92 Å². The Morgan fingerprint density at radius 2 is 1.73 bits per heavy atom. The van der Waals surface area contributed by atoms with Crippen LogP contribution in [0.4, 0.5) is 0 Å². The molecule has 0 N–H and O–H groups in total. The highest BCUT2D eigenvalue weighted by Gasteiger charge is 2.53. The van der Waals surface area contributed by atoms with E-state index in [2.05, 4.69) is 0 Å². The van der Waals surface area contributed by atoms with E-state index in [0.29, 0.717) is 12.8 Å². The van der Waals surface area contributed by atoms with E-state index >= 15 is 0 Å². The Bertz CT molecular complexity index is 273. The van der Waals surface area contributed by atoms with Crippen molar-refractivity contribution in [2.45, 2.75) is 44.9 Å². The molecule has 0 atom stereocenters. The summed E-state index contributed by atoms with van der Waals surface area (Å²) in [7, 11) is 1.38. The van der Waals surface area contributed by atoms with E-state index in [9.17, 15) is 9.59 Å². The van der Waals surface area contributed by atoms with E-state index in [1.54, 1.807) is 0 Å². The summed E-state index contributed by atoms with van der Waals surface area (Å²) >= 11 is 0. The molecule has 3 nitrogen and oxygen atoms in total. The predicted octanol–water partition coefficient (Wildman–Crippen LogP) is 2.09. The molecule has 0 aromatic rings. The van der Waals surface area contributed by atoms with Crippen LogP contribution in [0.5, 0.6) is 0 Å². The molecule has 0 bridgehead atoms. The Labute approximate surface area is 90.2 Å². The average Bonchev–Trinajstić information content (AvgIpc) is 2.68. The fourth-order valence-electron chi connectivity index (χ4n) is 2.86. The van der Waals surface area contributed by atoms with Crippen LogP contribution < -0.4 is 0 Å². The van der Waals surface area contributed by atoms with E-state index in [1.165, 1.54) is 7.11 Å². The zero-order valence-electron chi connectivity index (χ0n) is 9.25. The van der Waals surface area contributed by atoms with Crippen LogP contribution in [0.2, 0.25) is 0 Å². The highest BCUT2D eigenvalue weighted by Crippen LogP contribution is 2.46. The quantitative estimate of drug-likeness (QED) is 0.529. The van der Waals surface area contributed by atoms with E-state index in [4.69, 9.17) is 4.74 Å². The number of carbonyl (C=O) groups is 2. The van der Waals surface area contributed by atoms with Crippen LogP contribution in [0.25, 0.3) is 0 Å². The van der Waals surface area contributed by atoms with E-state index in [0.717, 1.165) is 32.1 Å². The molecule has 3 heteroatoms. The van der Waals surface area contributed by atoms with Gasteiger partial charge >= 0.3 is 5.97 Å². The van der Waals surface area contributed by atoms with Crippen molar-refractivity contribution >= 4 is 11.8 Å². The number of carbonyl (C=O) groups excluding carboxylic acids is 2. The Balaban J connectivity index is 2.11. The highest BCUT2D eigenvalue weighted by atomic mass is 16.5. The second kappa shape index (κ2) is 3.95. The molecular formula is C12H18O3. The maximum Gasteiger partial charge on any atom is 0.319 e. The van der Waals surface area contributed by atoms with Crippen molar-refractivity contribution in [2.24, 2.45) is 11.3 Å². The van der Waals surface area contributed by atoms with Crippen molar-refractivity contribution in [3.05, 3.63) is 0 Å². The number of ether oxygens (including phenoxy) is 1. The van der Waals surface area contributed by atoms with Crippen LogP contribution in [-0.4, -0.2) is 18.9 Å². The van der Waals surface area contributed by atoms with Crippen molar-refractivity contribution in [3.63, 3.8) is 0 Å². The highest BCUT2D eigenvalue weighted by molar-refractivity contribution is 6.05. The van der Waals surface area contributed by atoms with Crippen LogP contribution >= 0.6 is 0 Å². The molecule has 2 rings (SSSR count). The van der Waals surface area contributed by atoms with Crippen LogP contribution in [-0.2, 0) is 14.3 Å². The van der Waals surface area contributed by atoms with Crippen molar-refractivity contribution in [3.8, 4) is 0 Å². The minimum Gasteiger partial charge on any atom is -0.468 e. The number of hydrogen-bond acceptors (Lipinski definition) is 3. The average molecular weight is 210 g/mol. The van der Waals surface area contributed by atoms with Gasteiger partial charge in [0.05, 0.1) is 7.11 Å². The summed E-state index contributed by atoms with van der Waals surface area (Å²) in [6, 6.07) is 0. The second-order valence-electron chi connectivity index (χ2n) is 4.77. The van der Waals surface area contributed by atoms with Gasteiger partial charge in [-0.1, -0.05) is 19.3 Å². The molecule has 2 aliphatic carbocycles.